The third-order valence-corrected chi connectivity index (χ3v) is 5.41. The second kappa shape index (κ2) is 10.3. The van der Waals surface area contributed by atoms with Crippen LogP contribution in [0.1, 0.15) is 37.8 Å². The van der Waals surface area contributed by atoms with Crippen LogP contribution in [0.4, 0.5) is 0 Å². The molecular formula is C24H33N2O3+. The van der Waals surface area contributed by atoms with Gasteiger partial charge in [-0.25, -0.2) is 0 Å². The smallest absolute Gasteiger partial charge is 0.223 e. The van der Waals surface area contributed by atoms with Crippen molar-refractivity contribution in [3.05, 3.63) is 59.7 Å². The molecule has 1 aliphatic rings. The molecule has 156 valence electrons. The minimum atomic E-state index is 0.157. The molecule has 0 bridgehead atoms. The first-order valence-corrected chi connectivity index (χ1v) is 10.5. The summed E-state index contributed by atoms with van der Waals surface area (Å²) in [7, 11) is 1.68. The Kier molecular flexibility index (Phi) is 7.53. The fourth-order valence-electron chi connectivity index (χ4n) is 3.83. The molecule has 1 aliphatic heterocycles. The van der Waals surface area contributed by atoms with E-state index in [1.54, 1.807) is 7.11 Å². The van der Waals surface area contributed by atoms with Crippen molar-refractivity contribution in [2.45, 2.75) is 45.9 Å². The van der Waals surface area contributed by atoms with Crippen molar-refractivity contribution in [2.24, 2.45) is 5.92 Å². The number of rotatable bonds is 8. The van der Waals surface area contributed by atoms with E-state index in [1.807, 2.05) is 38.1 Å². The molecule has 2 aromatic rings. The number of likely N-dealkylation sites (tertiary alicyclic amines) is 1. The molecule has 0 unspecified atom stereocenters. The van der Waals surface area contributed by atoms with E-state index in [-0.39, 0.29) is 17.9 Å². The number of quaternary nitrogens is 1. The zero-order valence-electron chi connectivity index (χ0n) is 17.7. The highest BCUT2D eigenvalue weighted by atomic mass is 16.5. The summed E-state index contributed by atoms with van der Waals surface area (Å²) in [5, 5.41) is 3.04. The van der Waals surface area contributed by atoms with Crippen LogP contribution in [-0.4, -0.2) is 32.1 Å². The molecular weight excluding hydrogens is 364 g/mol. The van der Waals surface area contributed by atoms with Gasteiger partial charge in [-0.1, -0.05) is 30.3 Å². The summed E-state index contributed by atoms with van der Waals surface area (Å²) in [5.41, 5.74) is 2.36. The second-order valence-electron chi connectivity index (χ2n) is 8.12. The SMILES string of the molecule is COc1cc(C[NH+]2CCC(C(=O)NC(C)C)CC2)ccc1OCc1ccccc1. The zero-order valence-corrected chi connectivity index (χ0v) is 17.7. The van der Waals surface area contributed by atoms with Gasteiger partial charge in [0, 0.05) is 30.4 Å². The number of nitrogens with one attached hydrogen (secondary N) is 2. The van der Waals surface area contributed by atoms with E-state index in [0.29, 0.717) is 6.61 Å². The van der Waals surface area contributed by atoms with Gasteiger partial charge in [-0.2, -0.15) is 0 Å². The van der Waals surface area contributed by atoms with Crippen LogP contribution in [0.25, 0.3) is 0 Å². The molecule has 1 fully saturated rings. The van der Waals surface area contributed by atoms with Gasteiger partial charge in [0.2, 0.25) is 5.91 Å². The van der Waals surface area contributed by atoms with Crippen molar-refractivity contribution in [1.29, 1.82) is 0 Å². The number of hydrogen-bond acceptors (Lipinski definition) is 3. The van der Waals surface area contributed by atoms with Crippen molar-refractivity contribution in [3.63, 3.8) is 0 Å². The average molecular weight is 398 g/mol. The van der Waals surface area contributed by atoms with Crippen LogP contribution in [0.15, 0.2) is 48.5 Å². The largest absolute Gasteiger partial charge is 0.493 e. The highest BCUT2D eigenvalue weighted by molar-refractivity contribution is 5.78. The lowest BCUT2D eigenvalue weighted by Gasteiger charge is -2.29. The van der Waals surface area contributed by atoms with Crippen LogP contribution in [0.2, 0.25) is 0 Å². The lowest BCUT2D eigenvalue weighted by Crippen LogP contribution is -3.11. The molecule has 5 heteroatoms. The van der Waals surface area contributed by atoms with E-state index in [0.717, 1.165) is 49.5 Å². The van der Waals surface area contributed by atoms with E-state index >= 15 is 0 Å². The third-order valence-electron chi connectivity index (χ3n) is 5.41. The number of benzene rings is 2. The van der Waals surface area contributed by atoms with Gasteiger partial charge >= 0.3 is 0 Å². The molecule has 2 N–H and O–H groups in total. The van der Waals surface area contributed by atoms with Crippen molar-refractivity contribution in [1.82, 2.24) is 5.32 Å². The van der Waals surface area contributed by atoms with Gasteiger partial charge in [0.15, 0.2) is 11.5 Å². The van der Waals surface area contributed by atoms with E-state index in [9.17, 15) is 4.79 Å². The van der Waals surface area contributed by atoms with Gasteiger partial charge in [-0.3, -0.25) is 4.79 Å². The average Bonchev–Trinajstić information content (AvgIpc) is 2.73. The first-order chi connectivity index (χ1) is 14.0. The highest BCUT2D eigenvalue weighted by Gasteiger charge is 2.27. The van der Waals surface area contributed by atoms with E-state index in [1.165, 1.54) is 10.5 Å². The predicted octanol–water partition coefficient (Wildman–Crippen LogP) is 2.59. The van der Waals surface area contributed by atoms with Gasteiger partial charge in [-0.05, 0) is 37.6 Å². The summed E-state index contributed by atoms with van der Waals surface area (Å²) in [6.45, 7) is 7.52. The molecule has 0 aliphatic carbocycles. The van der Waals surface area contributed by atoms with Gasteiger partial charge < -0.3 is 19.7 Å². The fourth-order valence-corrected chi connectivity index (χ4v) is 3.83. The predicted molar refractivity (Wildman–Crippen MR) is 114 cm³/mol. The van der Waals surface area contributed by atoms with Gasteiger partial charge in [0.1, 0.15) is 13.2 Å². The van der Waals surface area contributed by atoms with Crippen molar-refractivity contribution >= 4 is 5.91 Å². The molecule has 1 saturated heterocycles. The van der Waals surface area contributed by atoms with Crippen molar-refractivity contribution < 1.29 is 19.2 Å². The Bertz CT molecular complexity index is 784. The van der Waals surface area contributed by atoms with Crippen LogP contribution >= 0.6 is 0 Å². The van der Waals surface area contributed by atoms with E-state index in [2.05, 4.69) is 29.6 Å². The molecule has 5 nitrogen and oxygen atoms in total. The lowest BCUT2D eigenvalue weighted by atomic mass is 9.95. The van der Waals surface area contributed by atoms with Crippen LogP contribution in [0, 0.1) is 5.92 Å². The fraction of sp³-hybridized carbons (Fsp3) is 0.458. The minimum absolute atomic E-state index is 0.157. The number of piperidine rings is 1. The number of methoxy groups -OCH3 is 1. The normalized spacial score (nSPS) is 19.0. The quantitative estimate of drug-likeness (QED) is 0.720. The number of carbonyl (C=O) groups is 1. The summed E-state index contributed by atoms with van der Waals surface area (Å²) in [5.74, 6) is 1.90. The molecule has 29 heavy (non-hydrogen) atoms. The maximum Gasteiger partial charge on any atom is 0.223 e. The van der Waals surface area contributed by atoms with E-state index in [4.69, 9.17) is 9.47 Å². The summed E-state index contributed by atoms with van der Waals surface area (Å²) in [6, 6.07) is 16.5. The molecule has 2 aromatic carbocycles. The number of amides is 1. The molecule has 0 saturated carbocycles. The van der Waals surface area contributed by atoms with Crippen LogP contribution in [0.5, 0.6) is 11.5 Å². The maximum atomic E-state index is 12.2. The monoisotopic (exact) mass is 397 g/mol. The zero-order chi connectivity index (χ0) is 20.6. The number of hydrogen-bond donors (Lipinski definition) is 2. The van der Waals surface area contributed by atoms with E-state index < -0.39 is 0 Å². The van der Waals surface area contributed by atoms with Crippen LogP contribution in [-0.2, 0) is 17.9 Å². The highest BCUT2D eigenvalue weighted by Crippen LogP contribution is 2.28. The Labute approximate surface area is 174 Å². The molecule has 0 aromatic heterocycles. The first kappa shape index (κ1) is 21.2. The van der Waals surface area contributed by atoms with Crippen LogP contribution in [0.3, 0.4) is 0 Å². The Morgan fingerprint density at radius 3 is 2.45 bits per heavy atom. The molecule has 0 atom stereocenters. The summed E-state index contributed by atoms with van der Waals surface area (Å²) in [6.07, 6.45) is 1.90. The molecule has 0 radical (unpaired) electrons. The summed E-state index contributed by atoms with van der Waals surface area (Å²) in [4.78, 5) is 13.7. The Morgan fingerprint density at radius 1 is 1.07 bits per heavy atom. The Morgan fingerprint density at radius 2 is 1.79 bits per heavy atom. The van der Waals surface area contributed by atoms with Crippen LogP contribution < -0.4 is 19.7 Å². The summed E-state index contributed by atoms with van der Waals surface area (Å²) < 4.78 is 11.5. The number of ether oxygens (including phenoxy) is 2. The lowest BCUT2D eigenvalue weighted by molar-refractivity contribution is -0.919. The van der Waals surface area contributed by atoms with Crippen molar-refractivity contribution in [3.8, 4) is 11.5 Å². The third kappa shape index (κ3) is 6.23. The first-order valence-electron chi connectivity index (χ1n) is 10.5. The summed E-state index contributed by atoms with van der Waals surface area (Å²) >= 11 is 0. The van der Waals surface area contributed by atoms with Gasteiger partial charge in [0.25, 0.3) is 0 Å². The van der Waals surface area contributed by atoms with Crippen molar-refractivity contribution in [2.75, 3.05) is 20.2 Å². The van der Waals surface area contributed by atoms with Gasteiger partial charge in [-0.15, -0.1) is 0 Å². The molecule has 3 rings (SSSR count). The topological polar surface area (TPSA) is 52.0 Å². The molecule has 1 amide bonds. The minimum Gasteiger partial charge on any atom is -0.493 e. The standard InChI is InChI=1S/C24H32N2O3/c1-18(2)25-24(27)21-11-13-26(14-12-21)16-20-9-10-22(23(15-20)28-3)29-17-19-7-5-4-6-8-19/h4-10,15,18,21H,11-14,16-17H2,1-3H3,(H,25,27)/p+1. The van der Waals surface area contributed by atoms with Gasteiger partial charge in [0.05, 0.1) is 20.2 Å². The second-order valence-corrected chi connectivity index (χ2v) is 8.12. The molecule has 1 heterocycles. The Hall–Kier alpha value is -2.53. The molecule has 0 spiro atoms. The Balaban J connectivity index is 1.53. The maximum absolute atomic E-state index is 12.2. The number of carbonyl (C=O) groups excluding carboxylic acids is 1.